The maximum Gasteiger partial charge on any atom is 0.292 e. The Labute approximate surface area is 187 Å². The van der Waals surface area contributed by atoms with E-state index in [0.717, 1.165) is 0 Å². The number of phenols is 2. The number of H-pyrrole nitrogens is 1. The van der Waals surface area contributed by atoms with E-state index < -0.39 is 11.8 Å². The average Bonchev–Trinajstić information content (AvgIpc) is 3.31. The predicted molar refractivity (Wildman–Crippen MR) is 118 cm³/mol. The molecule has 0 atom stereocenters. The number of hydrogen-bond donors (Lipinski definition) is 5. The Hall–Kier alpha value is -4.87. The molecule has 170 valence electrons. The number of amides is 2. The van der Waals surface area contributed by atoms with Gasteiger partial charge in [-0.25, -0.2) is 15.8 Å². The summed E-state index contributed by atoms with van der Waals surface area (Å²) in [4.78, 5) is 31.2. The zero-order valence-corrected chi connectivity index (χ0v) is 17.6. The Kier molecular flexibility index (Phi) is 7.21. The number of aromatic hydroxyl groups is 2. The molecule has 0 radical (unpaired) electrons. The standard InChI is InChI=1S/C21H20N6O6/c1-32-16-7-12(3-5-14(16)28)9-24-26-20(30)18-19(23-11-22-18)21(31)27-25-10-13-4-6-15(29)17(8-13)33-2/h3-11,28-29H,1-2H3,(H,22,23)(H,26,30)(H,27,31). The van der Waals surface area contributed by atoms with Gasteiger partial charge in [0.2, 0.25) is 0 Å². The number of aromatic amines is 1. The number of methoxy groups -OCH3 is 2. The smallest absolute Gasteiger partial charge is 0.292 e. The number of carbonyl (C=O) groups is 2. The molecule has 3 aromatic rings. The van der Waals surface area contributed by atoms with Gasteiger partial charge in [-0.05, 0) is 47.5 Å². The number of rotatable bonds is 8. The van der Waals surface area contributed by atoms with Crippen molar-refractivity contribution in [2.75, 3.05) is 14.2 Å². The van der Waals surface area contributed by atoms with E-state index in [1.807, 2.05) is 0 Å². The van der Waals surface area contributed by atoms with Crippen molar-refractivity contribution in [2.45, 2.75) is 0 Å². The van der Waals surface area contributed by atoms with E-state index in [4.69, 9.17) is 9.47 Å². The first-order valence-electron chi connectivity index (χ1n) is 9.37. The molecular formula is C21H20N6O6. The van der Waals surface area contributed by atoms with Gasteiger partial charge in [0.05, 0.1) is 33.0 Å². The zero-order chi connectivity index (χ0) is 23.8. The first kappa shape index (κ1) is 22.8. The fraction of sp³-hybridized carbons (Fsp3) is 0.0952. The number of benzene rings is 2. The molecule has 2 amide bonds. The molecule has 1 aromatic heterocycles. The van der Waals surface area contributed by atoms with Crippen LogP contribution in [-0.2, 0) is 0 Å². The highest BCUT2D eigenvalue weighted by atomic mass is 16.5. The summed E-state index contributed by atoms with van der Waals surface area (Å²) in [6.07, 6.45) is 3.86. The second-order valence-electron chi connectivity index (χ2n) is 6.39. The lowest BCUT2D eigenvalue weighted by molar-refractivity contribution is 0.0915. The molecule has 0 spiro atoms. The molecule has 0 aliphatic heterocycles. The minimum Gasteiger partial charge on any atom is -0.504 e. The van der Waals surface area contributed by atoms with Crippen LogP contribution in [0.2, 0.25) is 0 Å². The van der Waals surface area contributed by atoms with Crippen molar-refractivity contribution >= 4 is 24.2 Å². The number of hydrazone groups is 2. The van der Waals surface area contributed by atoms with Crippen molar-refractivity contribution < 1.29 is 29.3 Å². The van der Waals surface area contributed by atoms with Gasteiger partial charge in [0.15, 0.2) is 28.7 Å². The van der Waals surface area contributed by atoms with Gasteiger partial charge in [0.25, 0.3) is 11.8 Å². The lowest BCUT2D eigenvalue weighted by atomic mass is 10.2. The summed E-state index contributed by atoms with van der Waals surface area (Å²) in [7, 11) is 2.82. The van der Waals surface area contributed by atoms with Crippen LogP contribution in [0.25, 0.3) is 0 Å². The van der Waals surface area contributed by atoms with Gasteiger partial charge >= 0.3 is 0 Å². The van der Waals surface area contributed by atoms with Gasteiger partial charge in [0.1, 0.15) is 5.69 Å². The molecule has 0 saturated carbocycles. The normalized spacial score (nSPS) is 11.0. The third-order valence-electron chi connectivity index (χ3n) is 4.25. The average molecular weight is 452 g/mol. The molecule has 5 N–H and O–H groups in total. The molecule has 12 heteroatoms. The highest BCUT2D eigenvalue weighted by Gasteiger charge is 2.19. The van der Waals surface area contributed by atoms with Crippen molar-refractivity contribution in [1.29, 1.82) is 0 Å². The number of nitrogens with zero attached hydrogens (tertiary/aromatic N) is 3. The summed E-state index contributed by atoms with van der Waals surface area (Å²) in [5, 5.41) is 26.9. The van der Waals surface area contributed by atoms with Gasteiger partial charge in [-0.3, -0.25) is 9.59 Å². The zero-order valence-electron chi connectivity index (χ0n) is 17.6. The van der Waals surface area contributed by atoms with Crippen molar-refractivity contribution in [3.05, 3.63) is 65.2 Å². The second-order valence-corrected chi connectivity index (χ2v) is 6.39. The second kappa shape index (κ2) is 10.4. The quantitative estimate of drug-likeness (QED) is 0.254. The third-order valence-corrected chi connectivity index (χ3v) is 4.25. The summed E-state index contributed by atoms with van der Waals surface area (Å²) in [5.74, 6) is -0.980. The lowest BCUT2D eigenvalue weighted by Gasteiger charge is -2.04. The molecule has 0 fully saturated rings. The highest BCUT2D eigenvalue weighted by Crippen LogP contribution is 2.26. The summed E-state index contributed by atoms with van der Waals surface area (Å²) < 4.78 is 10.0. The van der Waals surface area contributed by atoms with Crippen molar-refractivity contribution in [2.24, 2.45) is 10.2 Å². The van der Waals surface area contributed by atoms with Gasteiger partial charge in [-0.15, -0.1) is 0 Å². The molecule has 12 nitrogen and oxygen atoms in total. The Morgan fingerprint density at radius 3 is 1.94 bits per heavy atom. The predicted octanol–water partition coefficient (Wildman–Crippen LogP) is 1.37. The minimum atomic E-state index is -0.726. The molecule has 2 aromatic carbocycles. The topological polar surface area (TPSA) is 171 Å². The maximum atomic E-state index is 12.4. The number of imidazole rings is 1. The maximum absolute atomic E-state index is 12.4. The Morgan fingerprint density at radius 1 is 0.909 bits per heavy atom. The lowest BCUT2D eigenvalue weighted by Crippen LogP contribution is -2.25. The molecule has 33 heavy (non-hydrogen) atoms. The number of nitrogens with one attached hydrogen (secondary N) is 3. The van der Waals surface area contributed by atoms with E-state index in [1.54, 1.807) is 12.1 Å². The molecule has 0 bridgehead atoms. The monoisotopic (exact) mass is 452 g/mol. The van der Waals surface area contributed by atoms with Crippen molar-refractivity contribution in [1.82, 2.24) is 20.8 Å². The largest absolute Gasteiger partial charge is 0.504 e. The van der Waals surface area contributed by atoms with Gasteiger partial charge in [-0.1, -0.05) is 0 Å². The third kappa shape index (κ3) is 5.64. The van der Waals surface area contributed by atoms with Crippen LogP contribution in [0.4, 0.5) is 0 Å². The van der Waals surface area contributed by atoms with E-state index in [2.05, 4.69) is 31.0 Å². The van der Waals surface area contributed by atoms with Crippen LogP contribution in [0.15, 0.2) is 52.9 Å². The van der Waals surface area contributed by atoms with E-state index in [0.29, 0.717) is 11.1 Å². The Balaban J connectivity index is 1.62. The number of carbonyl (C=O) groups excluding carboxylic acids is 2. The molecular weight excluding hydrogens is 432 g/mol. The summed E-state index contributed by atoms with van der Waals surface area (Å²) in [5.41, 5.74) is 5.37. The van der Waals surface area contributed by atoms with Crippen LogP contribution in [-0.4, -0.2) is 58.6 Å². The Bertz CT molecular complexity index is 1130. The van der Waals surface area contributed by atoms with Gasteiger partial charge in [-0.2, -0.15) is 10.2 Å². The summed E-state index contributed by atoms with van der Waals surface area (Å²) in [6.45, 7) is 0. The van der Waals surface area contributed by atoms with Crippen molar-refractivity contribution in [3.8, 4) is 23.0 Å². The van der Waals surface area contributed by atoms with E-state index >= 15 is 0 Å². The first-order chi connectivity index (χ1) is 15.9. The van der Waals surface area contributed by atoms with Gasteiger partial charge < -0.3 is 24.7 Å². The molecule has 3 rings (SSSR count). The van der Waals surface area contributed by atoms with Crippen LogP contribution in [0, 0.1) is 0 Å². The van der Waals surface area contributed by atoms with Crippen molar-refractivity contribution in [3.63, 3.8) is 0 Å². The summed E-state index contributed by atoms with van der Waals surface area (Å²) >= 11 is 0. The highest BCUT2D eigenvalue weighted by molar-refractivity contribution is 6.05. The molecule has 0 unspecified atom stereocenters. The molecule has 1 heterocycles. The fourth-order valence-corrected chi connectivity index (χ4v) is 2.63. The van der Waals surface area contributed by atoms with E-state index in [-0.39, 0.29) is 34.4 Å². The van der Waals surface area contributed by atoms with Crippen LogP contribution < -0.4 is 20.3 Å². The number of phenolic OH excluding ortho intramolecular Hbond substituents is 2. The first-order valence-corrected chi connectivity index (χ1v) is 9.37. The Morgan fingerprint density at radius 2 is 1.42 bits per heavy atom. The minimum absolute atomic E-state index is 0.0287. The van der Waals surface area contributed by atoms with Crippen LogP contribution in [0.1, 0.15) is 32.1 Å². The van der Waals surface area contributed by atoms with Crippen LogP contribution in [0.5, 0.6) is 23.0 Å². The van der Waals surface area contributed by atoms with E-state index in [9.17, 15) is 19.8 Å². The van der Waals surface area contributed by atoms with Gasteiger partial charge in [0, 0.05) is 0 Å². The molecule has 0 aliphatic carbocycles. The summed E-state index contributed by atoms with van der Waals surface area (Å²) in [6, 6.07) is 9.05. The number of ether oxygens (including phenoxy) is 2. The number of hydrogen-bond acceptors (Lipinski definition) is 9. The van der Waals surface area contributed by atoms with Crippen LogP contribution >= 0.6 is 0 Å². The fourth-order valence-electron chi connectivity index (χ4n) is 2.63. The van der Waals surface area contributed by atoms with Crippen LogP contribution in [0.3, 0.4) is 0 Å². The molecule has 0 aliphatic rings. The number of aromatic nitrogens is 2. The molecule has 0 saturated heterocycles. The van der Waals surface area contributed by atoms with E-state index in [1.165, 1.54) is 57.2 Å². The SMILES string of the molecule is COc1cc(C=NNC(=O)c2nc[nH]c2C(=O)NN=Cc2ccc(O)c(OC)c2)ccc1O.